The highest BCUT2D eigenvalue weighted by Gasteiger charge is 1.95. The van der Waals surface area contributed by atoms with Crippen molar-refractivity contribution in [2.24, 2.45) is 0 Å². The van der Waals surface area contributed by atoms with E-state index in [4.69, 9.17) is 0 Å². The molecule has 0 heterocycles. The standard InChI is InChI=1S/C8H8BrF.C2H6/c1-2-6-3-7(9)5-8(10)4-6;1-2/h3-5H,2H2,1H3;1-2H3. The Kier molecular flexibility index (Phi) is 5.99. The number of halogens is 2. The van der Waals surface area contributed by atoms with E-state index in [1.165, 1.54) is 6.07 Å². The predicted octanol–water partition coefficient (Wildman–Crippen LogP) is 4.18. The highest BCUT2D eigenvalue weighted by molar-refractivity contribution is 9.10. The maximum Gasteiger partial charge on any atom is 0.124 e. The molecule has 0 amide bonds. The molecule has 0 fully saturated rings. The van der Waals surface area contributed by atoms with E-state index in [2.05, 4.69) is 15.9 Å². The van der Waals surface area contributed by atoms with Crippen LogP contribution in [-0.4, -0.2) is 0 Å². The molecule has 0 saturated carbocycles. The van der Waals surface area contributed by atoms with Crippen LogP contribution in [0.15, 0.2) is 22.7 Å². The van der Waals surface area contributed by atoms with Gasteiger partial charge in [0.1, 0.15) is 5.82 Å². The highest BCUT2D eigenvalue weighted by atomic mass is 79.9. The minimum Gasteiger partial charge on any atom is -0.207 e. The fourth-order valence-corrected chi connectivity index (χ4v) is 1.33. The lowest BCUT2D eigenvalue weighted by Crippen LogP contribution is -1.81. The first kappa shape index (κ1) is 11.6. The summed E-state index contributed by atoms with van der Waals surface area (Å²) in [4.78, 5) is 0. The molecule has 0 radical (unpaired) electrons. The van der Waals surface area contributed by atoms with E-state index in [0.29, 0.717) is 0 Å². The number of hydrogen-bond donors (Lipinski definition) is 0. The second kappa shape index (κ2) is 6.18. The molecule has 1 rings (SSSR count). The summed E-state index contributed by atoms with van der Waals surface area (Å²) in [5.74, 6) is -0.175. The van der Waals surface area contributed by atoms with Gasteiger partial charge in [0.05, 0.1) is 0 Å². The summed E-state index contributed by atoms with van der Waals surface area (Å²) in [7, 11) is 0. The summed E-state index contributed by atoms with van der Waals surface area (Å²) in [5.41, 5.74) is 1.02. The van der Waals surface area contributed by atoms with Crippen molar-refractivity contribution in [1.29, 1.82) is 0 Å². The molecule has 0 nitrogen and oxygen atoms in total. The van der Waals surface area contributed by atoms with E-state index in [-0.39, 0.29) is 5.82 Å². The third-order valence-corrected chi connectivity index (χ3v) is 1.79. The van der Waals surface area contributed by atoms with Crippen LogP contribution < -0.4 is 0 Å². The van der Waals surface area contributed by atoms with Gasteiger partial charge in [-0.25, -0.2) is 4.39 Å². The summed E-state index contributed by atoms with van der Waals surface area (Å²) < 4.78 is 13.4. The van der Waals surface area contributed by atoms with Crippen LogP contribution in [0.3, 0.4) is 0 Å². The van der Waals surface area contributed by atoms with Crippen molar-refractivity contribution < 1.29 is 4.39 Å². The van der Waals surface area contributed by atoms with Gasteiger partial charge in [0.25, 0.3) is 0 Å². The maximum atomic E-state index is 12.6. The Bertz CT molecular complexity index is 213. The minimum atomic E-state index is -0.175. The Balaban J connectivity index is 0.000000561. The summed E-state index contributed by atoms with van der Waals surface area (Å²) in [6.07, 6.45) is 0.871. The number of rotatable bonds is 1. The van der Waals surface area contributed by atoms with Crippen LogP contribution in [0, 0.1) is 5.82 Å². The molecule has 0 N–H and O–H groups in total. The molecule has 0 aromatic heterocycles. The molecule has 1 aromatic rings. The molecular weight excluding hydrogens is 219 g/mol. The molecule has 12 heavy (non-hydrogen) atoms. The van der Waals surface area contributed by atoms with Crippen LogP contribution in [0.25, 0.3) is 0 Å². The van der Waals surface area contributed by atoms with E-state index in [9.17, 15) is 4.39 Å². The fourth-order valence-electron chi connectivity index (χ4n) is 0.815. The third kappa shape index (κ3) is 3.86. The summed E-state index contributed by atoms with van der Waals surface area (Å²) in [6.45, 7) is 6.00. The monoisotopic (exact) mass is 232 g/mol. The summed E-state index contributed by atoms with van der Waals surface area (Å²) >= 11 is 3.21. The van der Waals surface area contributed by atoms with E-state index in [0.717, 1.165) is 16.5 Å². The van der Waals surface area contributed by atoms with Gasteiger partial charge < -0.3 is 0 Å². The number of aryl methyl sites for hydroxylation is 1. The summed E-state index contributed by atoms with van der Waals surface area (Å²) in [5, 5.41) is 0. The van der Waals surface area contributed by atoms with E-state index < -0.39 is 0 Å². The first-order valence-corrected chi connectivity index (χ1v) is 4.96. The minimum absolute atomic E-state index is 0.175. The average Bonchev–Trinajstić information content (AvgIpc) is 2.06. The largest absolute Gasteiger partial charge is 0.207 e. The molecule has 0 atom stereocenters. The van der Waals surface area contributed by atoms with Crippen LogP contribution in [0.4, 0.5) is 4.39 Å². The zero-order valence-corrected chi connectivity index (χ0v) is 9.28. The van der Waals surface area contributed by atoms with Crippen molar-refractivity contribution in [2.45, 2.75) is 27.2 Å². The molecule has 0 aliphatic carbocycles. The Morgan fingerprint density at radius 1 is 1.25 bits per heavy atom. The van der Waals surface area contributed by atoms with Gasteiger partial charge in [0, 0.05) is 4.47 Å². The summed E-state index contributed by atoms with van der Waals surface area (Å²) in [6, 6.07) is 4.92. The Labute approximate surface area is 81.9 Å². The van der Waals surface area contributed by atoms with Gasteiger partial charge in [-0.3, -0.25) is 0 Å². The maximum absolute atomic E-state index is 12.6. The predicted molar refractivity (Wildman–Crippen MR) is 54.8 cm³/mol. The SMILES string of the molecule is CC.CCc1cc(F)cc(Br)c1. The first-order chi connectivity index (χ1) is 5.72. The number of benzene rings is 1. The van der Waals surface area contributed by atoms with Gasteiger partial charge >= 0.3 is 0 Å². The normalized spacial score (nSPS) is 8.75. The van der Waals surface area contributed by atoms with Crippen molar-refractivity contribution >= 4 is 15.9 Å². The van der Waals surface area contributed by atoms with Gasteiger partial charge in [-0.05, 0) is 30.2 Å². The first-order valence-electron chi connectivity index (χ1n) is 4.17. The third-order valence-electron chi connectivity index (χ3n) is 1.33. The molecule has 0 spiro atoms. The van der Waals surface area contributed by atoms with E-state index in [1.54, 1.807) is 6.07 Å². The van der Waals surface area contributed by atoms with Crippen molar-refractivity contribution in [3.8, 4) is 0 Å². The van der Waals surface area contributed by atoms with Crippen molar-refractivity contribution in [1.82, 2.24) is 0 Å². The molecule has 0 saturated heterocycles. The smallest absolute Gasteiger partial charge is 0.124 e. The molecular formula is C10H14BrF. The van der Waals surface area contributed by atoms with E-state index >= 15 is 0 Å². The van der Waals surface area contributed by atoms with Gasteiger partial charge in [0.2, 0.25) is 0 Å². The second-order valence-electron chi connectivity index (χ2n) is 2.13. The molecule has 0 aliphatic heterocycles. The van der Waals surface area contributed by atoms with Gasteiger partial charge in [-0.2, -0.15) is 0 Å². The molecule has 68 valence electrons. The fraction of sp³-hybridized carbons (Fsp3) is 0.400. The molecule has 0 unspecified atom stereocenters. The Morgan fingerprint density at radius 2 is 1.83 bits per heavy atom. The van der Waals surface area contributed by atoms with E-state index in [1.807, 2.05) is 26.8 Å². The zero-order chi connectivity index (χ0) is 9.56. The van der Waals surface area contributed by atoms with Crippen LogP contribution in [-0.2, 0) is 6.42 Å². The Morgan fingerprint density at radius 3 is 2.25 bits per heavy atom. The highest BCUT2D eigenvalue weighted by Crippen LogP contribution is 2.14. The van der Waals surface area contributed by atoms with Crippen molar-refractivity contribution in [2.75, 3.05) is 0 Å². The van der Waals surface area contributed by atoms with Crippen molar-refractivity contribution in [3.63, 3.8) is 0 Å². The molecule has 1 aromatic carbocycles. The number of hydrogen-bond acceptors (Lipinski definition) is 0. The van der Waals surface area contributed by atoms with Gasteiger partial charge in [0.15, 0.2) is 0 Å². The van der Waals surface area contributed by atoms with Gasteiger partial charge in [-0.15, -0.1) is 0 Å². The van der Waals surface area contributed by atoms with Crippen molar-refractivity contribution in [3.05, 3.63) is 34.1 Å². The second-order valence-corrected chi connectivity index (χ2v) is 3.05. The zero-order valence-electron chi connectivity index (χ0n) is 7.70. The topological polar surface area (TPSA) is 0 Å². The Hall–Kier alpha value is -0.370. The van der Waals surface area contributed by atoms with Crippen LogP contribution in [0.2, 0.25) is 0 Å². The molecule has 0 aliphatic rings. The molecule has 2 heteroatoms. The molecule has 0 bridgehead atoms. The lowest BCUT2D eigenvalue weighted by Gasteiger charge is -1.96. The lowest BCUT2D eigenvalue weighted by molar-refractivity contribution is 0.625. The average molecular weight is 233 g/mol. The quantitative estimate of drug-likeness (QED) is 0.682. The van der Waals surface area contributed by atoms with Crippen LogP contribution in [0.1, 0.15) is 26.3 Å². The van der Waals surface area contributed by atoms with Crippen LogP contribution in [0.5, 0.6) is 0 Å². The van der Waals surface area contributed by atoms with Crippen LogP contribution >= 0.6 is 15.9 Å². The van der Waals surface area contributed by atoms with Gasteiger partial charge in [-0.1, -0.05) is 36.7 Å². The lowest BCUT2D eigenvalue weighted by atomic mass is 10.2.